The second-order valence-corrected chi connectivity index (χ2v) is 7.10. The van der Waals surface area contributed by atoms with E-state index in [1.54, 1.807) is 41.3 Å². The van der Waals surface area contributed by atoms with Gasteiger partial charge in [-0.3, -0.25) is 0 Å². The number of carbonyl (C=O) groups is 1. The largest absolute Gasteiger partial charge is 0.339 e. The zero-order valence-corrected chi connectivity index (χ0v) is 15.7. The molecule has 0 saturated carbocycles. The van der Waals surface area contributed by atoms with Gasteiger partial charge < -0.3 is 14.7 Å². The molecule has 0 aliphatic carbocycles. The van der Waals surface area contributed by atoms with E-state index in [-0.39, 0.29) is 17.8 Å². The van der Waals surface area contributed by atoms with Gasteiger partial charge in [-0.25, -0.2) is 9.18 Å². The van der Waals surface area contributed by atoms with Gasteiger partial charge in [0.1, 0.15) is 5.82 Å². The Hall–Kier alpha value is -2.93. The van der Waals surface area contributed by atoms with Gasteiger partial charge in [0.05, 0.1) is 0 Å². The number of aromatic nitrogens is 2. The Morgan fingerprint density at radius 3 is 2.64 bits per heavy atom. The minimum atomic E-state index is -0.309. The molecule has 0 spiro atoms. The summed E-state index contributed by atoms with van der Waals surface area (Å²) in [5.41, 5.74) is 1.37. The van der Waals surface area contributed by atoms with Crippen LogP contribution in [0, 0.1) is 5.82 Å². The van der Waals surface area contributed by atoms with Gasteiger partial charge in [-0.1, -0.05) is 22.8 Å². The molecule has 3 aromatic rings. The van der Waals surface area contributed by atoms with Gasteiger partial charge in [0.2, 0.25) is 11.7 Å². The molecule has 1 aromatic heterocycles. The summed E-state index contributed by atoms with van der Waals surface area (Å²) in [6.45, 7) is 1.18. The molecule has 28 heavy (non-hydrogen) atoms. The van der Waals surface area contributed by atoms with Gasteiger partial charge in [0.15, 0.2) is 0 Å². The summed E-state index contributed by atoms with van der Waals surface area (Å²) >= 11 is 5.95. The maximum atomic E-state index is 13.0. The second-order valence-electron chi connectivity index (χ2n) is 6.66. The van der Waals surface area contributed by atoms with E-state index >= 15 is 0 Å². The van der Waals surface area contributed by atoms with E-state index in [1.165, 1.54) is 12.1 Å². The van der Waals surface area contributed by atoms with E-state index in [1.807, 2.05) is 0 Å². The van der Waals surface area contributed by atoms with Crippen LogP contribution in [-0.4, -0.2) is 34.2 Å². The molecule has 144 valence electrons. The summed E-state index contributed by atoms with van der Waals surface area (Å²) in [4.78, 5) is 18.6. The van der Waals surface area contributed by atoms with E-state index in [0.717, 1.165) is 12.8 Å². The lowest BCUT2D eigenvalue weighted by atomic mass is 9.97. The van der Waals surface area contributed by atoms with E-state index in [2.05, 4.69) is 15.5 Å². The molecule has 2 heterocycles. The number of nitrogens with one attached hydrogen (secondary N) is 1. The molecule has 1 N–H and O–H groups in total. The number of hydrogen-bond donors (Lipinski definition) is 1. The van der Waals surface area contributed by atoms with E-state index in [4.69, 9.17) is 16.1 Å². The number of hydrogen-bond acceptors (Lipinski definition) is 4. The van der Waals surface area contributed by atoms with Crippen LogP contribution in [0.15, 0.2) is 53.1 Å². The highest BCUT2D eigenvalue weighted by molar-refractivity contribution is 6.30. The summed E-state index contributed by atoms with van der Waals surface area (Å²) in [5, 5.41) is 7.43. The fourth-order valence-electron chi connectivity index (χ4n) is 3.22. The molecule has 1 aliphatic heterocycles. The third kappa shape index (κ3) is 4.14. The number of urea groups is 1. The van der Waals surface area contributed by atoms with E-state index in [9.17, 15) is 9.18 Å². The van der Waals surface area contributed by atoms with Crippen LogP contribution in [0.25, 0.3) is 11.4 Å². The van der Waals surface area contributed by atoms with Gasteiger partial charge >= 0.3 is 6.03 Å². The third-order valence-corrected chi connectivity index (χ3v) is 4.99. The highest BCUT2D eigenvalue weighted by Crippen LogP contribution is 2.29. The van der Waals surface area contributed by atoms with Crippen LogP contribution in [-0.2, 0) is 0 Å². The molecule has 0 atom stereocenters. The maximum Gasteiger partial charge on any atom is 0.321 e. The first-order chi connectivity index (χ1) is 13.6. The van der Waals surface area contributed by atoms with Crippen LogP contribution < -0.4 is 5.32 Å². The standard InChI is InChI=1S/C20H18ClFN4O2/c21-15-2-1-3-17(12-15)23-20(27)26-10-8-14(9-11-26)19-24-18(25-28-19)13-4-6-16(22)7-5-13/h1-7,12,14H,8-11H2,(H,23,27). The summed E-state index contributed by atoms with van der Waals surface area (Å²) in [6, 6.07) is 12.9. The zero-order valence-electron chi connectivity index (χ0n) is 14.9. The van der Waals surface area contributed by atoms with Crippen molar-refractivity contribution in [3.8, 4) is 11.4 Å². The number of rotatable bonds is 3. The monoisotopic (exact) mass is 400 g/mol. The first-order valence-corrected chi connectivity index (χ1v) is 9.37. The first-order valence-electron chi connectivity index (χ1n) is 8.99. The number of benzene rings is 2. The number of halogens is 2. The molecule has 0 unspecified atom stereocenters. The van der Waals surface area contributed by atoms with Crippen molar-refractivity contribution in [3.63, 3.8) is 0 Å². The Labute approximate surface area is 166 Å². The van der Waals surface area contributed by atoms with Crippen molar-refractivity contribution in [2.75, 3.05) is 18.4 Å². The fraction of sp³-hybridized carbons (Fsp3) is 0.250. The Morgan fingerprint density at radius 1 is 1.18 bits per heavy atom. The van der Waals surface area contributed by atoms with Crippen LogP contribution in [0.3, 0.4) is 0 Å². The van der Waals surface area contributed by atoms with E-state index < -0.39 is 0 Å². The third-order valence-electron chi connectivity index (χ3n) is 4.75. The smallest absolute Gasteiger partial charge is 0.321 e. The molecule has 1 fully saturated rings. The number of amides is 2. The number of carbonyl (C=O) groups excluding carboxylic acids is 1. The minimum absolute atomic E-state index is 0.0944. The van der Waals surface area contributed by atoms with Crippen molar-refractivity contribution in [1.82, 2.24) is 15.0 Å². The fourth-order valence-corrected chi connectivity index (χ4v) is 3.41. The first kappa shape index (κ1) is 18.4. The molecule has 0 bridgehead atoms. The summed E-state index contributed by atoms with van der Waals surface area (Å²) in [7, 11) is 0. The summed E-state index contributed by atoms with van der Waals surface area (Å²) in [6.07, 6.45) is 1.46. The number of piperidine rings is 1. The lowest BCUT2D eigenvalue weighted by Crippen LogP contribution is -2.40. The van der Waals surface area contributed by atoms with Crippen LogP contribution in [0.2, 0.25) is 5.02 Å². The number of anilines is 1. The highest BCUT2D eigenvalue weighted by atomic mass is 35.5. The van der Waals surface area contributed by atoms with Gasteiger partial charge in [0, 0.05) is 35.3 Å². The molecular weight excluding hydrogens is 383 g/mol. The SMILES string of the molecule is O=C(Nc1cccc(Cl)c1)N1CCC(c2nc(-c3ccc(F)cc3)no2)CC1. The molecule has 1 aliphatic rings. The normalized spacial score (nSPS) is 14.9. The van der Waals surface area contributed by atoms with Crippen molar-refractivity contribution in [2.24, 2.45) is 0 Å². The van der Waals surface area contributed by atoms with Crippen molar-refractivity contribution in [3.05, 3.63) is 65.3 Å². The molecule has 0 radical (unpaired) electrons. The Balaban J connectivity index is 1.35. The number of nitrogens with zero attached hydrogens (tertiary/aromatic N) is 3. The summed E-state index contributed by atoms with van der Waals surface area (Å²) < 4.78 is 18.5. The average molecular weight is 401 g/mol. The lowest BCUT2D eigenvalue weighted by molar-refractivity contribution is 0.187. The topological polar surface area (TPSA) is 71.3 Å². The molecular formula is C20H18ClFN4O2. The Kier molecular flexibility index (Phi) is 5.25. The Morgan fingerprint density at radius 2 is 1.93 bits per heavy atom. The molecule has 2 aromatic carbocycles. The van der Waals surface area contributed by atoms with E-state index in [0.29, 0.717) is 41.1 Å². The Bertz CT molecular complexity index is 968. The molecule has 1 saturated heterocycles. The minimum Gasteiger partial charge on any atom is -0.339 e. The second kappa shape index (κ2) is 7.98. The maximum absolute atomic E-state index is 13.0. The predicted molar refractivity (Wildman–Crippen MR) is 104 cm³/mol. The van der Waals surface area contributed by atoms with Gasteiger partial charge in [0.25, 0.3) is 0 Å². The summed E-state index contributed by atoms with van der Waals surface area (Å²) in [5.74, 6) is 0.776. The van der Waals surface area contributed by atoms with Crippen LogP contribution in [0.5, 0.6) is 0 Å². The van der Waals surface area contributed by atoms with Crippen molar-refractivity contribution < 1.29 is 13.7 Å². The predicted octanol–water partition coefficient (Wildman–Crippen LogP) is 4.94. The molecule has 8 heteroatoms. The quantitative estimate of drug-likeness (QED) is 0.675. The van der Waals surface area contributed by atoms with Crippen LogP contribution in [0.4, 0.5) is 14.9 Å². The van der Waals surface area contributed by atoms with Crippen molar-refractivity contribution >= 4 is 23.3 Å². The number of likely N-dealkylation sites (tertiary alicyclic amines) is 1. The van der Waals surface area contributed by atoms with Crippen LogP contribution >= 0.6 is 11.6 Å². The highest BCUT2D eigenvalue weighted by Gasteiger charge is 2.27. The molecule has 6 nitrogen and oxygen atoms in total. The molecule has 4 rings (SSSR count). The van der Waals surface area contributed by atoms with Crippen molar-refractivity contribution in [1.29, 1.82) is 0 Å². The average Bonchev–Trinajstić information content (AvgIpc) is 3.19. The zero-order chi connectivity index (χ0) is 19.5. The van der Waals surface area contributed by atoms with Gasteiger partial charge in [-0.2, -0.15) is 4.98 Å². The lowest BCUT2D eigenvalue weighted by Gasteiger charge is -2.30. The molecule has 2 amide bonds. The van der Waals surface area contributed by atoms with Gasteiger partial charge in [-0.15, -0.1) is 0 Å². The van der Waals surface area contributed by atoms with Gasteiger partial charge in [-0.05, 0) is 55.3 Å². The van der Waals surface area contributed by atoms with Crippen molar-refractivity contribution in [2.45, 2.75) is 18.8 Å². The van der Waals surface area contributed by atoms with Crippen LogP contribution in [0.1, 0.15) is 24.7 Å².